The molecule has 0 amide bonds. The fraction of sp³-hybridized carbons (Fsp3) is 0. The molecule has 7 aromatic rings. The van der Waals surface area contributed by atoms with Crippen LogP contribution < -0.4 is 15.7 Å². The van der Waals surface area contributed by atoms with Gasteiger partial charge in [0, 0.05) is 33.3 Å². The van der Waals surface area contributed by atoms with Crippen molar-refractivity contribution in [3.63, 3.8) is 0 Å². The Balaban J connectivity index is 1.28. The molecule has 9 rings (SSSR count). The lowest BCUT2D eigenvalue weighted by atomic mass is 9.43. The van der Waals surface area contributed by atoms with Crippen molar-refractivity contribution in [2.45, 2.75) is 0 Å². The molecule has 0 radical (unpaired) electrons. The largest absolute Gasteiger partial charge is 0.456 e. The second-order valence-corrected chi connectivity index (χ2v) is 10.5. The number of fused-ring (bicyclic) bond motifs is 14. The minimum absolute atomic E-state index is 0.138. The van der Waals surface area contributed by atoms with Crippen molar-refractivity contribution >= 4 is 51.1 Å². The first-order chi connectivity index (χ1) is 19.3. The fourth-order valence-electron chi connectivity index (χ4n) is 6.77. The Morgan fingerprint density at radius 1 is 0.436 bits per heavy atom. The Hall–Kier alpha value is -5.02. The zero-order valence-corrected chi connectivity index (χ0v) is 21.1. The summed E-state index contributed by atoms with van der Waals surface area (Å²) in [6.07, 6.45) is 0. The normalized spacial score (nSPS) is 13.0. The minimum Gasteiger partial charge on any atom is -0.456 e. The van der Waals surface area contributed by atoms with Crippen molar-refractivity contribution in [2.75, 3.05) is 4.81 Å². The Morgan fingerprint density at radius 3 is 1.87 bits per heavy atom. The standard InChI is InChI=1S/C36H22BNO/c1-5-13-31-25(9-1)27-11-3-7-15-33(27)38-34-19-17-23(21-29(34)26-10-2-6-14-32(26)37(31)38)24-18-20-36-30(22-24)28-12-4-8-16-35(28)39-36/h1-22H. The summed E-state index contributed by atoms with van der Waals surface area (Å²) in [4.78, 5) is 2.55. The summed E-state index contributed by atoms with van der Waals surface area (Å²) in [5.41, 5.74) is 14.7. The maximum Gasteiger partial charge on any atom is 0.329 e. The summed E-state index contributed by atoms with van der Waals surface area (Å²) in [7, 11) is 0. The van der Waals surface area contributed by atoms with Crippen LogP contribution in [0.1, 0.15) is 0 Å². The predicted molar refractivity (Wildman–Crippen MR) is 164 cm³/mol. The van der Waals surface area contributed by atoms with Gasteiger partial charge >= 0.3 is 6.85 Å². The van der Waals surface area contributed by atoms with Crippen molar-refractivity contribution in [1.29, 1.82) is 0 Å². The van der Waals surface area contributed by atoms with Crippen LogP contribution in [-0.2, 0) is 0 Å². The lowest BCUT2D eigenvalue weighted by molar-refractivity contribution is 0.669. The number of rotatable bonds is 1. The lowest BCUT2D eigenvalue weighted by Crippen LogP contribution is -2.59. The van der Waals surface area contributed by atoms with E-state index in [1.165, 1.54) is 55.7 Å². The van der Waals surface area contributed by atoms with E-state index in [1.54, 1.807) is 0 Å². The van der Waals surface area contributed by atoms with E-state index in [4.69, 9.17) is 4.42 Å². The topological polar surface area (TPSA) is 16.4 Å². The van der Waals surface area contributed by atoms with Gasteiger partial charge in [-0.25, -0.2) is 0 Å². The molecule has 0 aliphatic carbocycles. The van der Waals surface area contributed by atoms with Crippen molar-refractivity contribution in [3.05, 3.63) is 133 Å². The van der Waals surface area contributed by atoms with Crippen LogP contribution in [0.2, 0.25) is 0 Å². The van der Waals surface area contributed by atoms with Gasteiger partial charge in [0.25, 0.3) is 0 Å². The zero-order valence-electron chi connectivity index (χ0n) is 21.1. The molecule has 0 bridgehead atoms. The quantitative estimate of drug-likeness (QED) is 0.214. The monoisotopic (exact) mass is 495 g/mol. The van der Waals surface area contributed by atoms with Crippen LogP contribution in [0.25, 0.3) is 55.3 Å². The molecule has 0 saturated heterocycles. The van der Waals surface area contributed by atoms with E-state index in [-0.39, 0.29) is 6.85 Å². The maximum atomic E-state index is 6.09. The highest BCUT2D eigenvalue weighted by Gasteiger charge is 2.41. The second kappa shape index (κ2) is 7.75. The molecule has 3 heteroatoms. The van der Waals surface area contributed by atoms with Crippen LogP contribution in [0.3, 0.4) is 0 Å². The van der Waals surface area contributed by atoms with E-state index in [0.717, 1.165) is 21.9 Å². The predicted octanol–water partition coefficient (Wildman–Crippen LogP) is 8.16. The van der Waals surface area contributed by atoms with Gasteiger partial charge in [0.15, 0.2) is 0 Å². The molecule has 0 atom stereocenters. The molecule has 0 N–H and O–H groups in total. The maximum absolute atomic E-state index is 6.09. The molecule has 39 heavy (non-hydrogen) atoms. The van der Waals surface area contributed by atoms with Crippen molar-refractivity contribution in [1.82, 2.24) is 0 Å². The van der Waals surface area contributed by atoms with Crippen molar-refractivity contribution in [3.8, 4) is 33.4 Å². The number of anilines is 2. The average Bonchev–Trinajstić information content (AvgIpc) is 3.38. The van der Waals surface area contributed by atoms with E-state index < -0.39 is 0 Å². The van der Waals surface area contributed by atoms with Gasteiger partial charge in [-0.1, -0.05) is 97.1 Å². The summed E-state index contributed by atoms with van der Waals surface area (Å²) < 4.78 is 6.09. The van der Waals surface area contributed by atoms with Crippen LogP contribution in [0.4, 0.5) is 11.4 Å². The average molecular weight is 495 g/mol. The molecular weight excluding hydrogens is 473 g/mol. The first-order valence-electron chi connectivity index (χ1n) is 13.5. The molecule has 2 nitrogen and oxygen atoms in total. The number of para-hydroxylation sites is 2. The molecule has 0 fully saturated rings. The molecule has 0 saturated carbocycles. The van der Waals surface area contributed by atoms with Gasteiger partial charge in [0.1, 0.15) is 11.2 Å². The van der Waals surface area contributed by atoms with E-state index in [2.05, 4.69) is 126 Å². The molecule has 0 unspecified atom stereocenters. The SMILES string of the molecule is c1ccc2c(c1)B1c3ccccc3-c3cc(-c4ccc5oc6ccccc6c5c4)ccc3N1c1ccccc1-2. The smallest absolute Gasteiger partial charge is 0.329 e. The van der Waals surface area contributed by atoms with Crippen molar-refractivity contribution in [2.24, 2.45) is 0 Å². The molecule has 3 heterocycles. The fourth-order valence-corrected chi connectivity index (χ4v) is 6.77. The summed E-state index contributed by atoms with van der Waals surface area (Å²) >= 11 is 0. The Labute approximate surface area is 226 Å². The van der Waals surface area contributed by atoms with Gasteiger partial charge in [-0.3, -0.25) is 0 Å². The van der Waals surface area contributed by atoms with Gasteiger partial charge < -0.3 is 9.23 Å². The summed E-state index contributed by atoms with van der Waals surface area (Å²) in [6.45, 7) is 0.138. The third-order valence-electron chi connectivity index (χ3n) is 8.48. The van der Waals surface area contributed by atoms with Gasteiger partial charge in [-0.05, 0) is 69.6 Å². The zero-order chi connectivity index (χ0) is 25.5. The van der Waals surface area contributed by atoms with Gasteiger partial charge in [-0.15, -0.1) is 0 Å². The van der Waals surface area contributed by atoms with Crippen LogP contribution in [0, 0.1) is 0 Å². The van der Waals surface area contributed by atoms with Crippen LogP contribution in [-0.4, -0.2) is 6.85 Å². The Kier molecular flexibility index (Phi) is 4.17. The van der Waals surface area contributed by atoms with E-state index in [1.807, 2.05) is 12.1 Å². The number of benzene rings is 6. The van der Waals surface area contributed by atoms with Gasteiger partial charge in [0.05, 0.1) is 0 Å². The molecule has 2 aliphatic rings. The first kappa shape index (κ1) is 21.0. The van der Waals surface area contributed by atoms with Gasteiger partial charge in [0.2, 0.25) is 0 Å². The Bertz CT molecular complexity index is 2110. The third kappa shape index (κ3) is 2.87. The number of nitrogens with zero attached hydrogens (tertiary/aromatic N) is 1. The lowest BCUT2D eigenvalue weighted by Gasteiger charge is -2.43. The molecule has 6 aromatic carbocycles. The van der Waals surface area contributed by atoms with Crippen LogP contribution in [0.5, 0.6) is 0 Å². The summed E-state index contributed by atoms with van der Waals surface area (Å²) in [5, 5.41) is 2.31. The molecule has 180 valence electrons. The van der Waals surface area contributed by atoms with Crippen LogP contribution >= 0.6 is 0 Å². The number of hydrogen-bond donors (Lipinski definition) is 0. The minimum atomic E-state index is 0.138. The van der Waals surface area contributed by atoms with Gasteiger partial charge in [-0.2, -0.15) is 0 Å². The molecule has 1 aromatic heterocycles. The summed E-state index contributed by atoms with van der Waals surface area (Å²) in [6, 6.07) is 48.4. The van der Waals surface area contributed by atoms with E-state index >= 15 is 0 Å². The number of furan rings is 1. The highest BCUT2D eigenvalue weighted by Crippen LogP contribution is 2.46. The first-order valence-corrected chi connectivity index (χ1v) is 13.5. The van der Waals surface area contributed by atoms with Crippen molar-refractivity contribution < 1.29 is 4.42 Å². The second-order valence-electron chi connectivity index (χ2n) is 10.5. The van der Waals surface area contributed by atoms with Crippen LogP contribution in [0.15, 0.2) is 138 Å². The molecule has 2 aliphatic heterocycles. The summed E-state index contributed by atoms with van der Waals surface area (Å²) in [5.74, 6) is 0. The Morgan fingerprint density at radius 2 is 1.03 bits per heavy atom. The molecule has 0 spiro atoms. The molecular formula is C36H22BNO. The highest BCUT2D eigenvalue weighted by molar-refractivity contribution is 6.92. The van der Waals surface area contributed by atoms with E-state index in [0.29, 0.717) is 0 Å². The highest BCUT2D eigenvalue weighted by atomic mass is 16.3. The number of hydrogen-bond acceptors (Lipinski definition) is 2. The third-order valence-corrected chi connectivity index (χ3v) is 8.48. The van der Waals surface area contributed by atoms with E-state index in [9.17, 15) is 0 Å².